The Hall–Kier alpha value is -1.20. The Balaban J connectivity index is 3.07. The summed E-state index contributed by atoms with van der Waals surface area (Å²) >= 11 is 6.06. The van der Waals surface area contributed by atoms with E-state index >= 15 is 0 Å². The summed E-state index contributed by atoms with van der Waals surface area (Å²) < 4.78 is 0. The van der Waals surface area contributed by atoms with Gasteiger partial charge in [0.05, 0.1) is 11.2 Å². The SMILES string of the molecule is CC(C)c1ncc(Cl)c(C(=O)N(CCCO)C(C)C)n1. The van der Waals surface area contributed by atoms with E-state index in [1.54, 1.807) is 4.90 Å². The smallest absolute Gasteiger partial charge is 0.274 e. The van der Waals surface area contributed by atoms with Crippen LogP contribution in [0.5, 0.6) is 0 Å². The van der Waals surface area contributed by atoms with Crippen LogP contribution in [0.4, 0.5) is 0 Å². The molecule has 20 heavy (non-hydrogen) atoms. The molecule has 0 saturated heterocycles. The van der Waals surface area contributed by atoms with Gasteiger partial charge in [-0.3, -0.25) is 4.79 Å². The van der Waals surface area contributed by atoms with Crippen molar-refractivity contribution in [1.29, 1.82) is 0 Å². The lowest BCUT2D eigenvalue weighted by Gasteiger charge is -2.26. The number of aromatic nitrogens is 2. The van der Waals surface area contributed by atoms with Crippen LogP contribution in [0.3, 0.4) is 0 Å². The van der Waals surface area contributed by atoms with Crippen LogP contribution in [0.2, 0.25) is 5.02 Å². The summed E-state index contributed by atoms with van der Waals surface area (Å²) in [4.78, 5) is 22.6. The third kappa shape index (κ3) is 4.15. The number of carbonyl (C=O) groups is 1. The van der Waals surface area contributed by atoms with Crippen LogP contribution in [0.25, 0.3) is 0 Å². The van der Waals surface area contributed by atoms with Crippen molar-refractivity contribution in [2.24, 2.45) is 0 Å². The fourth-order valence-electron chi connectivity index (χ4n) is 1.78. The standard InChI is InChI=1S/C14H22ClN3O2/c1-9(2)13-16-8-11(15)12(17-13)14(20)18(10(3)4)6-5-7-19/h8-10,19H,5-7H2,1-4H3. The normalized spacial score (nSPS) is 11.2. The van der Waals surface area contributed by atoms with Crippen molar-refractivity contribution < 1.29 is 9.90 Å². The molecule has 0 bridgehead atoms. The van der Waals surface area contributed by atoms with Gasteiger partial charge >= 0.3 is 0 Å². The second-order valence-electron chi connectivity index (χ2n) is 5.25. The second kappa shape index (κ2) is 7.55. The molecular formula is C14H22ClN3O2. The predicted octanol–water partition coefficient (Wildman–Crippen LogP) is 2.49. The summed E-state index contributed by atoms with van der Waals surface area (Å²) in [5, 5.41) is 9.19. The first-order chi connectivity index (χ1) is 9.38. The first-order valence-corrected chi connectivity index (χ1v) is 7.20. The monoisotopic (exact) mass is 299 g/mol. The van der Waals surface area contributed by atoms with Gasteiger partial charge < -0.3 is 10.0 Å². The molecule has 1 rings (SSSR count). The minimum atomic E-state index is -0.220. The summed E-state index contributed by atoms with van der Waals surface area (Å²) in [7, 11) is 0. The van der Waals surface area contributed by atoms with Gasteiger partial charge in [0.25, 0.3) is 5.91 Å². The molecule has 0 atom stereocenters. The maximum Gasteiger partial charge on any atom is 0.274 e. The van der Waals surface area contributed by atoms with Crippen LogP contribution in [-0.2, 0) is 0 Å². The molecule has 1 heterocycles. The fourth-order valence-corrected chi connectivity index (χ4v) is 1.95. The number of carbonyl (C=O) groups excluding carboxylic acids is 1. The number of rotatable bonds is 6. The average Bonchev–Trinajstić information content (AvgIpc) is 2.38. The highest BCUT2D eigenvalue weighted by Gasteiger charge is 2.23. The van der Waals surface area contributed by atoms with E-state index in [4.69, 9.17) is 16.7 Å². The zero-order valence-corrected chi connectivity index (χ0v) is 13.2. The van der Waals surface area contributed by atoms with Crippen molar-refractivity contribution >= 4 is 17.5 Å². The highest BCUT2D eigenvalue weighted by atomic mass is 35.5. The lowest BCUT2D eigenvalue weighted by atomic mass is 10.2. The highest BCUT2D eigenvalue weighted by molar-refractivity contribution is 6.33. The molecule has 0 radical (unpaired) electrons. The predicted molar refractivity (Wildman–Crippen MR) is 79.0 cm³/mol. The van der Waals surface area contributed by atoms with Gasteiger partial charge in [0.1, 0.15) is 5.82 Å². The molecule has 6 heteroatoms. The molecule has 0 spiro atoms. The summed E-state index contributed by atoms with van der Waals surface area (Å²) in [6.07, 6.45) is 2.01. The van der Waals surface area contributed by atoms with Gasteiger partial charge in [-0.25, -0.2) is 9.97 Å². The van der Waals surface area contributed by atoms with Crippen molar-refractivity contribution in [3.05, 3.63) is 22.7 Å². The summed E-state index contributed by atoms with van der Waals surface area (Å²) in [5.41, 5.74) is 0.233. The average molecular weight is 300 g/mol. The van der Waals surface area contributed by atoms with E-state index in [2.05, 4.69) is 9.97 Å². The Morgan fingerprint density at radius 1 is 1.40 bits per heavy atom. The van der Waals surface area contributed by atoms with Gasteiger partial charge in [-0.15, -0.1) is 0 Å². The molecule has 1 N–H and O–H groups in total. The molecular weight excluding hydrogens is 278 g/mol. The van der Waals surface area contributed by atoms with Gasteiger partial charge in [0.2, 0.25) is 0 Å². The molecule has 1 amide bonds. The van der Waals surface area contributed by atoms with Gasteiger partial charge in [0, 0.05) is 25.1 Å². The molecule has 0 aliphatic heterocycles. The quantitative estimate of drug-likeness (QED) is 0.876. The van der Waals surface area contributed by atoms with E-state index in [0.717, 1.165) is 0 Å². The van der Waals surface area contributed by atoms with Crippen LogP contribution in [0, 0.1) is 0 Å². The van der Waals surface area contributed by atoms with E-state index in [-0.39, 0.29) is 35.2 Å². The zero-order chi connectivity index (χ0) is 15.3. The van der Waals surface area contributed by atoms with E-state index in [0.29, 0.717) is 18.8 Å². The molecule has 1 aromatic rings. The molecule has 112 valence electrons. The lowest BCUT2D eigenvalue weighted by Crippen LogP contribution is -2.38. The molecule has 5 nitrogen and oxygen atoms in total. The van der Waals surface area contributed by atoms with E-state index in [1.165, 1.54) is 6.20 Å². The summed E-state index contributed by atoms with van der Waals surface area (Å²) in [6.45, 7) is 8.30. The minimum absolute atomic E-state index is 0.0163. The zero-order valence-electron chi connectivity index (χ0n) is 12.4. The minimum Gasteiger partial charge on any atom is -0.396 e. The molecule has 0 aliphatic carbocycles. The van der Waals surface area contributed by atoms with Crippen LogP contribution < -0.4 is 0 Å². The van der Waals surface area contributed by atoms with Crippen molar-refractivity contribution in [2.45, 2.75) is 46.1 Å². The van der Waals surface area contributed by atoms with Crippen LogP contribution in [0.1, 0.15) is 56.3 Å². The van der Waals surface area contributed by atoms with Gasteiger partial charge in [-0.1, -0.05) is 25.4 Å². The number of amides is 1. The number of nitrogens with zero attached hydrogens (tertiary/aromatic N) is 3. The largest absolute Gasteiger partial charge is 0.396 e. The summed E-state index contributed by atoms with van der Waals surface area (Å²) in [6, 6.07) is 0.0163. The number of halogens is 1. The Morgan fingerprint density at radius 3 is 2.55 bits per heavy atom. The first-order valence-electron chi connectivity index (χ1n) is 6.82. The molecule has 0 aromatic carbocycles. The Labute approximate surface area is 125 Å². The van der Waals surface area contributed by atoms with E-state index in [9.17, 15) is 4.79 Å². The van der Waals surface area contributed by atoms with E-state index < -0.39 is 0 Å². The first kappa shape index (κ1) is 16.9. The molecule has 0 unspecified atom stereocenters. The third-order valence-corrected chi connectivity index (χ3v) is 3.20. The third-order valence-electron chi connectivity index (χ3n) is 2.92. The molecule has 0 fully saturated rings. The van der Waals surface area contributed by atoms with Gasteiger partial charge in [0.15, 0.2) is 5.69 Å². The van der Waals surface area contributed by atoms with Crippen molar-refractivity contribution in [3.8, 4) is 0 Å². The molecule has 0 aliphatic rings. The lowest BCUT2D eigenvalue weighted by molar-refractivity contribution is 0.0686. The van der Waals surface area contributed by atoms with Crippen molar-refractivity contribution in [2.75, 3.05) is 13.2 Å². The Kier molecular flexibility index (Phi) is 6.36. The number of aliphatic hydroxyl groups excluding tert-OH is 1. The second-order valence-corrected chi connectivity index (χ2v) is 5.66. The Bertz CT molecular complexity index is 464. The fraction of sp³-hybridized carbons (Fsp3) is 0.643. The highest BCUT2D eigenvalue weighted by Crippen LogP contribution is 2.19. The van der Waals surface area contributed by atoms with Gasteiger partial charge in [-0.05, 0) is 20.3 Å². The van der Waals surface area contributed by atoms with Crippen molar-refractivity contribution in [3.63, 3.8) is 0 Å². The van der Waals surface area contributed by atoms with Gasteiger partial charge in [-0.2, -0.15) is 0 Å². The Morgan fingerprint density at radius 2 is 2.05 bits per heavy atom. The summed E-state index contributed by atoms with van der Waals surface area (Å²) in [5.74, 6) is 0.509. The number of hydrogen-bond acceptors (Lipinski definition) is 4. The molecule has 0 saturated carbocycles. The number of aliphatic hydroxyl groups is 1. The van der Waals surface area contributed by atoms with Crippen molar-refractivity contribution in [1.82, 2.24) is 14.9 Å². The maximum absolute atomic E-state index is 12.6. The number of hydrogen-bond donors (Lipinski definition) is 1. The van der Waals surface area contributed by atoms with Crippen LogP contribution in [-0.4, -0.2) is 45.1 Å². The van der Waals surface area contributed by atoms with Crippen LogP contribution >= 0.6 is 11.6 Å². The van der Waals surface area contributed by atoms with Crippen LogP contribution in [0.15, 0.2) is 6.20 Å². The maximum atomic E-state index is 12.6. The topological polar surface area (TPSA) is 66.3 Å². The molecule has 1 aromatic heterocycles. The van der Waals surface area contributed by atoms with E-state index in [1.807, 2.05) is 27.7 Å².